The average Bonchev–Trinajstić information content (AvgIpc) is 3.28. The molecule has 2 aromatic carbocycles. The van der Waals surface area contributed by atoms with Crippen LogP contribution >= 0.6 is 0 Å². The van der Waals surface area contributed by atoms with E-state index in [1.807, 2.05) is 56.4 Å². The number of benzene rings is 2. The number of aromatic nitrogens is 2. The number of aryl methyl sites for hydroxylation is 1. The fraction of sp³-hybridized carbons (Fsp3) is 0.444. The smallest absolute Gasteiger partial charge is 0.414 e. The third-order valence-corrected chi connectivity index (χ3v) is 7.61. The van der Waals surface area contributed by atoms with E-state index in [2.05, 4.69) is 9.47 Å². The summed E-state index contributed by atoms with van der Waals surface area (Å²) in [5.41, 5.74) is 4.75. The molecule has 8 heteroatoms. The molecule has 1 aliphatic carbocycles. The molecule has 0 saturated heterocycles. The summed E-state index contributed by atoms with van der Waals surface area (Å²) in [7, 11) is 3.41. The highest BCUT2D eigenvalue weighted by Crippen LogP contribution is 2.43. The molecule has 1 amide bonds. The minimum Gasteiger partial charge on any atom is -0.481 e. The second kappa shape index (κ2) is 9.24. The molecule has 3 aromatic rings. The fourth-order valence-electron chi connectivity index (χ4n) is 5.75. The van der Waals surface area contributed by atoms with Crippen molar-refractivity contribution in [3.8, 4) is 0 Å². The number of carbonyl (C=O) groups excluding carboxylic acids is 1. The molecule has 1 unspecified atom stereocenters. The SMILES string of the molecule is COC(=O)N1c2ccc3c(nc(N(C)c4ccccc4)n3[C@@H]3CCC[C@@H](C(=O)O)C3)c2CCC1C. The molecule has 1 aliphatic heterocycles. The van der Waals surface area contributed by atoms with Gasteiger partial charge >= 0.3 is 12.1 Å². The Morgan fingerprint density at radius 3 is 2.60 bits per heavy atom. The number of hydrogen-bond donors (Lipinski definition) is 1. The second-order valence-electron chi connectivity index (χ2n) is 9.69. The molecule has 3 atom stereocenters. The van der Waals surface area contributed by atoms with E-state index in [1.165, 1.54) is 7.11 Å². The monoisotopic (exact) mass is 476 g/mol. The highest BCUT2D eigenvalue weighted by atomic mass is 16.5. The van der Waals surface area contributed by atoms with Crippen LogP contribution in [0.15, 0.2) is 42.5 Å². The van der Waals surface area contributed by atoms with Gasteiger partial charge in [-0.15, -0.1) is 0 Å². The van der Waals surface area contributed by atoms with Crippen molar-refractivity contribution in [1.29, 1.82) is 0 Å². The first-order valence-corrected chi connectivity index (χ1v) is 12.3. The molecular weight excluding hydrogens is 444 g/mol. The molecule has 2 aliphatic rings. The Bertz CT molecular complexity index is 1260. The number of imidazole rings is 1. The van der Waals surface area contributed by atoms with Crippen LogP contribution in [0.4, 0.5) is 22.1 Å². The van der Waals surface area contributed by atoms with Gasteiger partial charge in [-0.2, -0.15) is 0 Å². The molecule has 0 radical (unpaired) electrons. The molecule has 2 heterocycles. The van der Waals surface area contributed by atoms with Gasteiger partial charge in [-0.3, -0.25) is 9.69 Å². The molecule has 0 spiro atoms. The molecule has 35 heavy (non-hydrogen) atoms. The lowest BCUT2D eigenvalue weighted by Crippen LogP contribution is -2.42. The molecule has 8 nitrogen and oxygen atoms in total. The van der Waals surface area contributed by atoms with E-state index in [0.29, 0.717) is 12.8 Å². The van der Waals surface area contributed by atoms with Crippen molar-refractivity contribution in [1.82, 2.24) is 9.55 Å². The number of carboxylic acids is 1. The van der Waals surface area contributed by atoms with Gasteiger partial charge in [0.05, 0.1) is 29.7 Å². The van der Waals surface area contributed by atoms with Gasteiger partial charge in [-0.05, 0) is 63.3 Å². The first-order chi connectivity index (χ1) is 16.9. The van der Waals surface area contributed by atoms with Crippen molar-refractivity contribution in [2.24, 2.45) is 5.92 Å². The normalized spacial score (nSPS) is 22.0. The van der Waals surface area contributed by atoms with E-state index >= 15 is 0 Å². The maximum Gasteiger partial charge on any atom is 0.414 e. The van der Waals surface area contributed by atoms with E-state index < -0.39 is 5.97 Å². The van der Waals surface area contributed by atoms with E-state index in [-0.39, 0.29) is 24.1 Å². The number of nitrogens with zero attached hydrogens (tertiary/aromatic N) is 4. The summed E-state index contributed by atoms with van der Waals surface area (Å²) in [5.74, 6) is -0.287. The van der Waals surface area contributed by atoms with Crippen LogP contribution in [0.1, 0.15) is 50.6 Å². The lowest BCUT2D eigenvalue weighted by atomic mass is 9.85. The highest BCUT2D eigenvalue weighted by Gasteiger charge is 2.34. The molecule has 1 aromatic heterocycles. The zero-order chi connectivity index (χ0) is 24.7. The van der Waals surface area contributed by atoms with Gasteiger partial charge in [0.25, 0.3) is 0 Å². The van der Waals surface area contributed by atoms with Crippen LogP contribution in [-0.2, 0) is 16.0 Å². The summed E-state index contributed by atoms with van der Waals surface area (Å²) >= 11 is 0. The van der Waals surface area contributed by atoms with Crippen molar-refractivity contribution >= 4 is 40.4 Å². The van der Waals surface area contributed by atoms with Gasteiger partial charge in [0.1, 0.15) is 0 Å². The average molecular weight is 477 g/mol. The van der Waals surface area contributed by atoms with Crippen molar-refractivity contribution < 1.29 is 19.4 Å². The van der Waals surface area contributed by atoms with Crippen LogP contribution in [0.2, 0.25) is 0 Å². The Morgan fingerprint density at radius 1 is 1.11 bits per heavy atom. The minimum absolute atomic E-state index is 0.0355. The Morgan fingerprint density at radius 2 is 1.89 bits per heavy atom. The van der Waals surface area contributed by atoms with Crippen LogP contribution < -0.4 is 9.80 Å². The first kappa shape index (κ1) is 23.2. The molecule has 1 fully saturated rings. The van der Waals surface area contributed by atoms with Gasteiger partial charge in [-0.25, -0.2) is 9.78 Å². The number of hydrogen-bond acceptors (Lipinski definition) is 5. The van der Waals surface area contributed by atoms with Crippen molar-refractivity contribution in [2.45, 2.75) is 57.5 Å². The Balaban J connectivity index is 1.69. The summed E-state index contributed by atoms with van der Waals surface area (Å²) < 4.78 is 7.32. The predicted molar refractivity (Wildman–Crippen MR) is 136 cm³/mol. The van der Waals surface area contributed by atoms with Gasteiger partial charge < -0.3 is 19.3 Å². The molecule has 1 N–H and O–H groups in total. The number of amides is 1. The topological polar surface area (TPSA) is 87.9 Å². The van der Waals surface area contributed by atoms with Gasteiger partial charge in [0.15, 0.2) is 0 Å². The summed E-state index contributed by atoms with van der Waals surface area (Å²) in [6.07, 6.45) is 4.34. The zero-order valence-electron chi connectivity index (χ0n) is 20.5. The first-order valence-electron chi connectivity index (χ1n) is 12.3. The Hall–Kier alpha value is -3.55. The maximum absolute atomic E-state index is 12.6. The molecule has 5 rings (SSSR count). The summed E-state index contributed by atoms with van der Waals surface area (Å²) in [6.45, 7) is 2.03. The van der Waals surface area contributed by atoms with Crippen LogP contribution in [0.5, 0.6) is 0 Å². The number of fused-ring (bicyclic) bond motifs is 3. The molecular formula is C27H32N4O4. The second-order valence-corrected chi connectivity index (χ2v) is 9.69. The number of carboxylic acid groups (broad SMARTS) is 1. The number of ether oxygens (including phenoxy) is 1. The molecule has 184 valence electrons. The lowest BCUT2D eigenvalue weighted by molar-refractivity contribution is -0.143. The van der Waals surface area contributed by atoms with E-state index in [9.17, 15) is 14.7 Å². The Kier molecular flexibility index (Phi) is 6.13. The standard InChI is InChI=1S/C27H32N4O4/c1-17-12-13-21-22(30(17)27(34)35-3)14-15-23-24(21)28-26(29(2)19-9-5-4-6-10-19)31(23)20-11-7-8-18(16-20)25(32)33/h4-6,9-10,14-15,17-18,20H,7-8,11-13,16H2,1-3H3,(H,32,33)/t17?,18-,20-/m1/s1. The number of carbonyl (C=O) groups is 2. The third kappa shape index (κ3) is 4.00. The zero-order valence-corrected chi connectivity index (χ0v) is 20.5. The predicted octanol–water partition coefficient (Wildman–Crippen LogP) is 5.53. The summed E-state index contributed by atoms with van der Waals surface area (Å²) in [4.78, 5) is 33.4. The van der Waals surface area contributed by atoms with Crippen LogP contribution in [0, 0.1) is 5.92 Å². The van der Waals surface area contributed by atoms with Crippen LogP contribution in [0.25, 0.3) is 11.0 Å². The van der Waals surface area contributed by atoms with Crippen molar-refractivity contribution in [3.05, 3.63) is 48.0 Å². The van der Waals surface area contributed by atoms with Crippen LogP contribution in [0.3, 0.4) is 0 Å². The quantitative estimate of drug-likeness (QED) is 0.533. The maximum atomic E-state index is 12.6. The summed E-state index contributed by atoms with van der Waals surface area (Å²) in [6, 6.07) is 14.2. The van der Waals surface area contributed by atoms with Gasteiger partial charge in [-0.1, -0.05) is 24.6 Å². The fourth-order valence-corrected chi connectivity index (χ4v) is 5.75. The van der Waals surface area contributed by atoms with E-state index in [4.69, 9.17) is 9.72 Å². The highest BCUT2D eigenvalue weighted by molar-refractivity contribution is 5.96. The van der Waals surface area contributed by atoms with Gasteiger partial charge in [0.2, 0.25) is 5.95 Å². The molecule has 0 bridgehead atoms. The van der Waals surface area contributed by atoms with E-state index in [0.717, 1.165) is 59.6 Å². The lowest BCUT2D eigenvalue weighted by Gasteiger charge is -2.34. The minimum atomic E-state index is -0.725. The number of anilines is 3. The number of methoxy groups -OCH3 is 1. The van der Waals surface area contributed by atoms with Crippen molar-refractivity contribution in [2.75, 3.05) is 24.0 Å². The molecule has 1 saturated carbocycles. The van der Waals surface area contributed by atoms with Crippen LogP contribution in [-0.4, -0.2) is 46.9 Å². The summed E-state index contributed by atoms with van der Waals surface area (Å²) in [5, 5.41) is 9.73. The number of aliphatic carboxylic acids is 1. The van der Waals surface area contributed by atoms with E-state index in [1.54, 1.807) is 4.90 Å². The third-order valence-electron chi connectivity index (χ3n) is 7.61. The van der Waals surface area contributed by atoms with Gasteiger partial charge in [0, 0.05) is 30.4 Å². The number of rotatable bonds is 4. The number of para-hydroxylation sites is 1. The largest absolute Gasteiger partial charge is 0.481 e. The van der Waals surface area contributed by atoms with Crippen molar-refractivity contribution in [3.63, 3.8) is 0 Å². The Labute approximate surface area is 205 Å².